The standard InChI is InChI=1S/C12H14O3/c1-15-12(8-13)5-4-9-6-11(14)3-2-10(9)7-12/h2-3,6,8,14H,4-5,7H2,1H3. The largest absolute Gasteiger partial charge is 0.508 e. The van der Waals surface area contributed by atoms with E-state index in [9.17, 15) is 9.90 Å². The van der Waals surface area contributed by atoms with Crippen LogP contribution in [-0.2, 0) is 22.4 Å². The topological polar surface area (TPSA) is 46.5 Å². The first-order valence-corrected chi connectivity index (χ1v) is 5.01. The lowest BCUT2D eigenvalue weighted by Gasteiger charge is -2.32. The SMILES string of the molecule is COC1(C=O)CCc2cc(O)ccc2C1. The van der Waals surface area contributed by atoms with Crippen molar-refractivity contribution in [2.75, 3.05) is 7.11 Å². The number of ether oxygens (including phenoxy) is 1. The van der Waals surface area contributed by atoms with Crippen molar-refractivity contribution < 1.29 is 14.6 Å². The zero-order valence-corrected chi connectivity index (χ0v) is 8.69. The van der Waals surface area contributed by atoms with Crippen LogP contribution in [0.2, 0.25) is 0 Å². The van der Waals surface area contributed by atoms with Gasteiger partial charge >= 0.3 is 0 Å². The van der Waals surface area contributed by atoms with Gasteiger partial charge in [0.2, 0.25) is 0 Å². The molecule has 3 heteroatoms. The normalized spacial score (nSPS) is 24.6. The number of hydrogen-bond acceptors (Lipinski definition) is 3. The Balaban J connectivity index is 2.34. The quantitative estimate of drug-likeness (QED) is 0.745. The fourth-order valence-electron chi connectivity index (χ4n) is 2.10. The molecule has 1 aromatic carbocycles. The Morgan fingerprint density at radius 2 is 2.27 bits per heavy atom. The van der Waals surface area contributed by atoms with E-state index < -0.39 is 5.60 Å². The molecule has 1 aromatic rings. The van der Waals surface area contributed by atoms with Crippen LogP contribution < -0.4 is 0 Å². The van der Waals surface area contributed by atoms with Gasteiger partial charge in [-0.1, -0.05) is 6.07 Å². The first-order chi connectivity index (χ1) is 7.19. The summed E-state index contributed by atoms with van der Waals surface area (Å²) in [4.78, 5) is 11.0. The van der Waals surface area contributed by atoms with Gasteiger partial charge in [-0.15, -0.1) is 0 Å². The lowest BCUT2D eigenvalue weighted by molar-refractivity contribution is -0.128. The molecule has 0 spiro atoms. The summed E-state index contributed by atoms with van der Waals surface area (Å²) in [6, 6.07) is 5.27. The molecule has 15 heavy (non-hydrogen) atoms. The van der Waals surface area contributed by atoms with Crippen molar-refractivity contribution in [2.45, 2.75) is 24.9 Å². The van der Waals surface area contributed by atoms with Crippen LogP contribution in [0, 0.1) is 0 Å². The van der Waals surface area contributed by atoms with E-state index in [1.807, 2.05) is 6.07 Å². The summed E-state index contributed by atoms with van der Waals surface area (Å²) < 4.78 is 5.28. The maximum atomic E-state index is 11.0. The van der Waals surface area contributed by atoms with Crippen LogP contribution in [0.5, 0.6) is 5.75 Å². The van der Waals surface area contributed by atoms with Crippen LogP contribution in [0.15, 0.2) is 18.2 Å². The molecule has 0 amide bonds. The molecule has 0 aromatic heterocycles. The van der Waals surface area contributed by atoms with Crippen molar-refractivity contribution in [1.29, 1.82) is 0 Å². The van der Waals surface area contributed by atoms with Gasteiger partial charge in [0, 0.05) is 13.5 Å². The van der Waals surface area contributed by atoms with Gasteiger partial charge in [0.25, 0.3) is 0 Å². The number of fused-ring (bicyclic) bond motifs is 1. The summed E-state index contributed by atoms with van der Waals surface area (Å²) >= 11 is 0. The van der Waals surface area contributed by atoms with E-state index in [0.29, 0.717) is 12.8 Å². The van der Waals surface area contributed by atoms with Gasteiger partial charge in [-0.2, -0.15) is 0 Å². The zero-order chi connectivity index (χ0) is 10.9. The minimum atomic E-state index is -0.663. The maximum absolute atomic E-state index is 11.0. The molecule has 0 saturated heterocycles. The molecule has 80 valence electrons. The van der Waals surface area contributed by atoms with Crippen LogP contribution in [0.1, 0.15) is 17.5 Å². The number of phenols is 1. The van der Waals surface area contributed by atoms with Crippen molar-refractivity contribution in [1.82, 2.24) is 0 Å². The summed E-state index contributed by atoms with van der Waals surface area (Å²) in [6.45, 7) is 0. The van der Waals surface area contributed by atoms with Gasteiger partial charge in [-0.3, -0.25) is 0 Å². The molecule has 1 atom stereocenters. The highest BCUT2D eigenvalue weighted by molar-refractivity contribution is 5.64. The van der Waals surface area contributed by atoms with Crippen molar-refractivity contribution in [3.63, 3.8) is 0 Å². The molecule has 1 unspecified atom stereocenters. The molecule has 0 saturated carbocycles. The van der Waals surface area contributed by atoms with E-state index in [1.54, 1.807) is 19.2 Å². The highest BCUT2D eigenvalue weighted by Crippen LogP contribution is 2.31. The number of aldehydes is 1. The Labute approximate surface area is 88.7 Å². The summed E-state index contributed by atoms with van der Waals surface area (Å²) in [5.74, 6) is 0.282. The molecule has 0 heterocycles. The molecule has 0 bridgehead atoms. The van der Waals surface area contributed by atoms with Gasteiger partial charge < -0.3 is 14.6 Å². The number of hydrogen-bond donors (Lipinski definition) is 1. The van der Waals surface area contributed by atoms with Crippen molar-refractivity contribution in [3.05, 3.63) is 29.3 Å². The highest BCUT2D eigenvalue weighted by Gasteiger charge is 2.34. The Bertz CT molecular complexity index is 386. The number of rotatable bonds is 2. The monoisotopic (exact) mass is 206 g/mol. The number of aryl methyl sites for hydroxylation is 1. The van der Waals surface area contributed by atoms with Gasteiger partial charge in [-0.05, 0) is 36.1 Å². The predicted molar refractivity (Wildman–Crippen MR) is 55.9 cm³/mol. The first-order valence-electron chi connectivity index (χ1n) is 5.01. The molecular weight excluding hydrogens is 192 g/mol. The summed E-state index contributed by atoms with van der Waals surface area (Å²) in [7, 11) is 1.57. The first kappa shape index (κ1) is 10.2. The molecule has 1 aliphatic rings. The van der Waals surface area contributed by atoms with Crippen molar-refractivity contribution in [2.24, 2.45) is 0 Å². The average Bonchev–Trinajstić information content (AvgIpc) is 2.28. The van der Waals surface area contributed by atoms with Gasteiger partial charge in [0.05, 0.1) is 0 Å². The smallest absolute Gasteiger partial charge is 0.152 e. The van der Waals surface area contributed by atoms with E-state index >= 15 is 0 Å². The lowest BCUT2D eigenvalue weighted by atomic mass is 9.81. The molecular formula is C12H14O3. The van der Waals surface area contributed by atoms with Crippen LogP contribution in [0.4, 0.5) is 0 Å². The Kier molecular flexibility index (Phi) is 2.49. The second kappa shape index (κ2) is 3.66. The number of carbonyl (C=O) groups is 1. The van der Waals surface area contributed by atoms with Crippen LogP contribution in [-0.4, -0.2) is 24.1 Å². The maximum Gasteiger partial charge on any atom is 0.152 e. The highest BCUT2D eigenvalue weighted by atomic mass is 16.5. The third-order valence-corrected chi connectivity index (χ3v) is 3.12. The molecule has 3 nitrogen and oxygen atoms in total. The van der Waals surface area contributed by atoms with E-state index in [0.717, 1.165) is 23.8 Å². The molecule has 2 rings (SSSR count). The molecule has 1 N–H and O–H groups in total. The molecule has 0 fully saturated rings. The predicted octanol–water partition coefficient (Wildman–Crippen LogP) is 1.47. The molecule has 0 aliphatic heterocycles. The van der Waals surface area contributed by atoms with Crippen molar-refractivity contribution >= 4 is 6.29 Å². The average molecular weight is 206 g/mol. The Hall–Kier alpha value is -1.35. The van der Waals surface area contributed by atoms with Gasteiger partial charge in [-0.25, -0.2) is 0 Å². The Morgan fingerprint density at radius 3 is 2.93 bits per heavy atom. The van der Waals surface area contributed by atoms with Crippen LogP contribution in [0.25, 0.3) is 0 Å². The zero-order valence-electron chi connectivity index (χ0n) is 8.69. The molecule has 0 radical (unpaired) electrons. The minimum Gasteiger partial charge on any atom is -0.508 e. The number of benzene rings is 1. The van der Waals surface area contributed by atoms with E-state index in [2.05, 4.69) is 0 Å². The second-order valence-electron chi connectivity index (χ2n) is 4.02. The fraction of sp³-hybridized carbons (Fsp3) is 0.417. The molecule has 1 aliphatic carbocycles. The number of carbonyl (C=O) groups excluding carboxylic acids is 1. The van der Waals surface area contributed by atoms with Crippen LogP contribution >= 0.6 is 0 Å². The lowest BCUT2D eigenvalue weighted by Crippen LogP contribution is -2.39. The third kappa shape index (κ3) is 1.75. The Morgan fingerprint density at radius 1 is 1.47 bits per heavy atom. The third-order valence-electron chi connectivity index (χ3n) is 3.12. The number of aromatic hydroxyl groups is 1. The van der Waals surface area contributed by atoms with Gasteiger partial charge in [0.15, 0.2) is 6.29 Å². The summed E-state index contributed by atoms with van der Waals surface area (Å²) in [5.41, 5.74) is 1.54. The van der Waals surface area contributed by atoms with E-state index in [4.69, 9.17) is 4.74 Å². The summed E-state index contributed by atoms with van der Waals surface area (Å²) in [5, 5.41) is 9.33. The van der Waals surface area contributed by atoms with E-state index in [1.165, 1.54) is 0 Å². The van der Waals surface area contributed by atoms with Crippen LogP contribution in [0.3, 0.4) is 0 Å². The summed E-state index contributed by atoms with van der Waals surface area (Å²) in [6.07, 6.45) is 2.95. The fourth-order valence-corrected chi connectivity index (χ4v) is 2.10. The number of phenolic OH excluding ortho intramolecular Hbond substituents is 1. The minimum absolute atomic E-state index is 0.282. The van der Waals surface area contributed by atoms with Gasteiger partial charge in [0.1, 0.15) is 11.4 Å². The number of methoxy groups -OCH3 is 1. The van der Waals surface area contributed by atoms with Crippen molar-refractivity contribution in [3.8, 4) is 5.75 Å². The van der Waals surface area contributed by atoms with E-state index in [-0.39, 0.29) is 5.75 Å². The second-order valence-corrected chi connectivity index (χ2v) is 4.02.